The van der Waals surface area contributed by atoms with Crippen molar-refractivity contribution in [2.45, 2.75) is 33.7 Å². The molecule has 1 aromatic carbocycles. The molecule has 2 N–H and O–H groups in total. The van der Waals surface area contributed by atoms with Crippen molar-refractivity contribution in [3.63, 3.8) is 0 Å². The summed E-state index contributed by atoms with van der Waals surface area (Å²) in [6.45, 7) is 9.13. The summed E-state index contributed by atoms with van der Waals surface area (Å²) in [4.78, 5) is 2.31. The third-order valence-corrected chi connectivity index (χ3v) is 3.44. The van der Waals surface area contributed by atoms with E-state index in [1.807, 2.05) is 0 Å². The fourth-order valence-electron chi connectivity index (χ4n) is 2.32. The first-order chi connectivity index (χ1) is 8.91. The SMILES string of the molecule is CCc1ccc(OC)c(CN(C)CC(C)(C)CN)c1. The fourth-order valence-corrected chi connectivity index (χ4v) is 2.32. The molecule has 0 aliphatic rings. The maximum Gasteiger partial charge on any atom is 0.123 e. The van der Waals surface area contributed by atoms with Gasteiger partial charge in [0, 0.05) is 18.7 Å². The molecule has 108 valence electrons. The van der Waals surface area contributed by atoms with Crippen molar-refractivity contribution in [3.8, 4) is 5.75 Å². The molecule has 0 amide bonds. The molecule has 0 saturated carbocycles. The van der Waals surface area contributed by atoms with Gasteiger partial charge in [0.2, 0.25) is 0 Å². The van der Waals surface area contributed by atoms with Gasteiger partial charge in [-0.25, -0.2) is 0 Å². The first-order valence-corrected chi connectivity index (χ1v) is 6.96. The van der Waals surface area contributed by atoms with Crippen molar-refractivity contribution < 1.29 is 4.74 Å². The molecule has 0 spiro atoms. The van der Waals surface area contributed by atoms with Crippen LogP contribution >= 0.6 is 0 Å². The lowest BCUT2D eigenvalue weighted by Gasteiger charge is -2.29. The number of aryl methyl sites for hydroxylation is 1. The summed E-state index contributed by atoms with van der Waals surface area (Å²) in [6.07, 6.45) is 1.05. The first-order valence-electron chi connectivity index (χ1n) is 6.96. The quantitative estimate of drug-likeness (QED) is 0.823. The van der Waals surface area contributed by atoms with Gasteiger partial charge in [0.25, 0.3) is 0 Å². The van der Waals surface area contributed by atoms with Gasteiger partial charge in [-0.2, -0.15) is 0 Å². The van der Waals surface area contributed by atoms with E-state index >= 15 is 0 Å². The first kappa shape index (κ1) is 16.0. The van der Waals surface area contributed by atoms with Gasteiger partial charge < -0.3 is 15.4 Å². The highest BCUT2D eigenvalue weighted by Gasteiger charge is 2.18. The van der Waals surface area contributed by atoms with Crippen LogP contribution in [0.4, 0.5) is 0 Å². The molecule has 0 fully saturated rings. The van der Waals surface area contributed by atoms with E-state index < -0.39 is 0 Å². The second kappa shape index (κ2) is 6.92. The Labute approximate surface area is 117 Å². The molecule has 0 unspecified atom stereocenters. The van der Waals surface area contributed by atoms with Gasteiger partial charge in [-0.15, -0.1) is 0 Å². The molecular formula is C16H28N2O. The minimum atomic E-state index is 0.143. The van der Waals surface area contributed by atoms with Gasteiger partial charge in [0.05, 0.1) is 7.11 Å². The lowest BCUT2D eigenvalue weighted by Crippen LogP contribution is -2.36. The number of rotatable bonds is 7. The molecule has 0 radical (unpaired) electrons. The normalized spacial score (nSPS) is 11.9. The summed E-state index contributed by atoms with van der Waals surface area (Å²) in [5.74, 6) is 0.967. The van der Waals surface area contributed by atoms with Crippen molar-refractivity contribution in [2.24, 2.45) is 11.1 Å². The Bertz CT molecular complexity index is 402. The van der Waals surface area contributed by atoms with Crippen LogP contribution in [0.1, 0.15) is 31.9 Å². The maximum atomic E-state index is 5.80. The predicted molar refractivity (Wildman–Crippen MR) is 81.5 cm³/mol. The Morgan fingerprint density at radius 2 is 2.00 bits per heavy atom. The number of hydrogen-bond acceptors (Lipinski definition) is 3. The number of nitrogens with two attached hydrogens (primary N) is 1. The smallest absolute Gasteiger partial charge is 0.123 e. The lowest BCUT2D eigenvalue weighted by atomic mass is 9.93. The van der Waals surface area contributed by atoms with Gasteiger partial charge >= 0.3 is 0 Å². The van der Waals surface area contributed by atoms with Crippen LogP contribution in [0.3, 0.4) is 0 Å². The number of ether oxygens (including phenoxy) is 1. The molecule has 1 rings (SSSR count). The third-order valence-electron chi connectivity index (χ3n) is 3.44. The van der Waals surface area contributed by atoms with E-state index in [4.69, 9.17) is 10.5 Å². The molecule has 0 aromatic heterocycles. The largest absolute Gasteiger partial charge is 0.496 e. The van der Waals surface area contributed by atoms with Crippen LogP contribution < -0.4 is 10.5 Å². The Hall–Kier alpha value is -1.06. The number of benzene rings is 1. The topological polar surface area (TPSA) is 38.5 Å². The summed E-state index contributed by atoms with van der Waals surface area (Å²) < 4.78 is 5.45. The summed E-state index contributed by atoms with van der Waals surface area (Å²) in [5.41, 5.74) is 8.54. The van der Waals surface area contributed by atoms with Crippen LogP contribution in [0.2, 0.25) is 0 Å². The maximum absolute atomic E-state index is 5.80. The van der Waals surface area contributed by atoms with Gasteiger partial charge in [-0.05, 0) is 37.1 Å². The summed E-state index contributed by atoms with van der Waals surface area (Å²) in [7, 11) is 3.86. The zero-order chi connectivity index (χ0) is 14.5. The highest BCUT2D eigenvalue weighted by Crippen LogP contribution is 2.23. The van der Waals surface area contributed by atoms with Crippen molar-refractivity contribution in [2.75, 3.05) is 27.2 Å². The van der Waals surface area contributed by atoms with Crippen molar-refractivity contribution >= 4 is 0 Å². The summed E-state index contributed by atoms with van der Waals surface area (Å²) >= 11 is 0. The highest BCUT2D eigenvalue weighted by molar-refractivity contribution is 5.37. The highest BCUT2D eigenvalue weighted by atomic mass is 16.5. The fraction of sp³-hybridized carbons (Fsp3) is 0.625. The van der Waals surface area contributed by atoms with E-state index in [9.17, 15) is 0 Å². The zero-order valence-corrected chi connectivity index (χ0v) is 13.0. The monoisotopic (exact) mass is 264 g/mol. The van der Waals surface area contributed by atoms with Crippen LogP contribution in [-0.4, -0.2) is 32.1 Å². The Balaban J connectivity index is 2.80. The van der Waals surface area contributed by atoms with Crippen LogP contribution in [0.25, 0.3) is 0 Å². The van der Waals surface area contributed by atoms with Crippen molar-refractivity contribution in [1.82, 2.24) is 4.90 Å². The summed E-state index contributed by atoms with van der Waals surface area (Å²) in [5, 5.41) is 0. The van der Waals surface area contributed by atoms with E-state index in [1.54, 1.807) is 7.11 Å². The minimum Gasteiger partial charge on any atom is -0.496 e. The van der Waals surface area contributed by atoms with Crippen molar-refractivity contribution in [3.05, 3.63) is 29.3 Å². The summed E-state index contributed by atoms with van der Waals surface area (Å²) in [6, 6.07) is 6.44. The number of hydrogen-bond donors (Lipinski definition) is 1. The Kier molecular flexibility index (Phi) is 5.83. The average molecular weight is 264 g/mol. The molecule has 1 aromatic rings. The molecule has 3 nitrogen and oxygen atoms in total. The minimum absolute atomic E-state index is 0.143. The van der Waals surface area contributed by atoms with Crippen LogP contribution in [0.5, 0.6) is 5.75 Å². The average Bonchev–Trinajstić information content (AvgIpc) is 2.37. The molecule has 0 aliphatic carbocycles. The van der Waals surface area contributed by atoms with E-state index in [1.165, 1.54) is 11.1 Å². The second-order valence-electron chi connectivity index (χ2n) is 6.04. The van der Waals surface area contributed by atoms with Gasteiger partial charge in [-0.1, -0.05) is 32.9 Å². The lowest BCUT2D eigenvalue weighted by molar-refractivity contribution is 0.208. The molecule has 0 bridgehead atoms. The molecule has 3 heteroatoms. The van der Waals surface area contributed by atoms with Crippen LogP contribution in [0, 0.1) is 5.41 Å². The molecule has 0 atom stereocenters. The van der Waals surface area contributed by atoms with E-state index in [0.29, 0.717) is 6.54 Å². The molecule has 19 heavy (non-hydrogen) atoms. The molecule has 0 aliphatic heterocycles. The van der Waals surface area contributed by atoms with Gasteiger partial charge in [0.1, 0.15) is 5.75 Å². The van der Waals surface area contributed by atoms with E-state index in [0.717, 1.165) is 25.3 Å². The standard InChI is InChI=1S/C16H28N2O/c1-6-13-7-8-15(19-5)14(9-13)10-18(4)12-16(2,3)11-17/h7-9H,6,10-12,17H2,1-5H3. The Morgan fingerprint density at radius 3 is 2.53 bits per heavy atom. The number of methoxy groups -OCH3 is 1. The molecular weight excluding hydrogens is 236 g/mol. The van der Waals surface area contributed by atoms with Crippen LogP contribution in [0.15, 0.2) is 18.2 Å². The van der Waals surface area contributed by atoms with Crippen molar-refractivity contribution in [1.29, 1.82) is 0 Å². The zero-order valence-electron chi connectivity index (χ0n) is 13.0. The predicted octanol–water partition coefficient (Wildman–Crippen LogP) is 2.67. The second-order valence-corrected chi connectivity index (χ2v) is 6.04. The third kappa shape index (κ3) is 4.84. The van der Waals surface area contributed by atoms with E-state index in [2.05, 4.69) is 50.9 Å². The molecule has 0 saturated heterocycles. The Morgan fingerprint density at radius 1 is 1.32 bits per heavy atom. The van der Waals surface area contributed by atoms with Gasteiger partial charge in [-0.3, -0.25) is 0 Å². The van der Waals surface area contributed by atoms with Gasteiger partial charge in [0.15, 0.2) is 0 Å². The molecule has 0 heterocycles. The number of nitrogens with zero attached hydrogens (tertiary/aromatic N) is 1. The van der Waals surface area contributed by atoms with E-state index in [-0.39, 0.29) is 5.41 Å². The van der Waals surface area contributed by atoms with Crippen LogP contribution in [-0.2, 0) is 13.0 Å².